The second-order valence-corrected chi connectivity index (χ2v) is 12.8. The first-order valence-electron chi connectivity index (χ1n) is 14.1. The number of fused-ring (bicyclic) bond motifs is 1. The number of nitrogens with one attached hydrogen (secondary N) is 1. The van der Waals surface area contributed by atoms with Crippen molar-refractivity contribution in [3.05, 3.63) is 72.4 Å². The number of nitrogen functional groups attached to an aromatic ring is 1. The van der Waals surface area contributed by atoms with Crippen molar-refractivity contribution >= 4 is 32.4 Å². The SMILES string of the molecule is C[C@H](Oc1cc(-c2nn(C)c3c(-c4cnn(C5CCC(F)(F)C5)c4)cnc(N)c23)ccc1NS(=O)(=O)C(F)F)c1ccc(F)cc1. The van der Waals surface area contributed by atoms with Gasteiger partial charge in [-0.2, -0.15) is 19.0 Å². The summed E-state index contributed by atoms with van der Waals surface area (Å²) in [5.41, 5.74) is 9.09. The van der Waals surface area contributed by atoms with E-state index in [1.165, 1.54) is 53.3 Å². The lowest BCUT2D eigenvalue weighted by molar-refractivity contribution is 0.00518. The number of alkyl halides is 4. The number of pyridine rings is 1. The van der Waals surface area contributed by atoms with E-state index in [0.29, 0.717) is 45.3 Å². The molecule has 0 radical (unpaired) electrons. The molecule has 1 saturated carbocycles. The summed E-state index contributed by atoms with van der Waals surface area (Å²) >= 11 is 0. The summed E-state index contributed by atoms with van der Waals surface area (Å²) in [6, 6.07) is 9.12. The molecule has 1 aliphatic rings. The highest BCUT2D eigenvalue weighted by atomic mass is 32.2. The fraction of sp³-hybridized carbons (Fsp3) is 0.300. The lowest BCUT2D eigenvalue weighted by Crippen LogP contribution is -2.21. The maximum atomic E-state index is 13.9. The molecule has 0 bridgehead atoms. The maximum absolute atomic E-state index is 13.9. The first kappa shape index (κ1) is 31.3. The second-order valence-electron chi connectivity index (χ2n) is 11.1. The highest BCUT2D eigenvalue weighted by molar-refractivity contribution is 7.93. The number of benzene rings is 2. The van der Waals surface area contributed by atoms with E-state index in [0.717, 1.165) is 0 Å². The highest BCUT2D eigenvalue weighted by Crippen LogP contribution is 2.43. The third-order valence-electron chi connectivity index (χ3n) is 7.94. The minimum absolute atomic E-state index is 0.102. The summed E-state index contributed by atoms with van der Waals surface area (Å²) in [5.74, 6) is -6.89. The van der Waals surface area contributed by atoms with Gasteiger partial charge >= 0.3 is 5.76 Å². The summed E-state index contributed by atoms with van der Waals surface area (Å²) in [4.78, 5) is 4.35. The van der Waals surface area contributed by atoms with Crippen LogP contribution in [0.4, 0.5) is 33.5 Å². The van der Waals surface area contributed by atoms with Gasteiger partial charge in [0.1, 0.15) is 29.2 Å². The van der Waals surface area contributed by atoms with Crippen molar-refractivity contribution in [2.75, 3.05) is 10.5 Å². The summed E-state index contributed by atoms with van der Waals surface area (Å²) in [7, 11) is -3.38. The minimum atomic E-state index is -5.05. The molecule has 10 nitrogen and oxygen atoms in total. The number of aryl methyl sites for hydroxylation is 1. The van der Waals surface area contributed by atoms with Crippen LogP contribution in [0.15, 0.2) is 61.1 Å². The van der Waals surface area contributed by atoms with Gasteiger partial charge in [0, 0.05) is 49.0 Å². The second kappa shape index (κ2) is 11.6. The van der Waals surface area contributed by atoms with Crippen molar-refractivity contribution in [2.24, 2.45) is 7.05 Å². The van der Waals surface area contributed by atoms with E-state index in [1.54, 1.807) is 31.0 Å². The molecule has 16 heteroatoms. The Morgan fingerprint density at radius 3 is 2.52 bits per heavy atom. The zero-order chi connectivity index (χ0) is 33.0. The van der Waals surface area contributed by atoms with E-state index < -0.39 is 39.7 Å². The quantitative estimate of drug-likeness (QED) is 0.169. The molecule has 0 spiro atoms. The van der Waals surface area contributed by atoms with Gasteiger partial charge < -0.3 is 10.5 Å². The Hall–Kier alpha value is -4.73. The number of nitrogens with two attached hydrogens (primary N) is 1. The van der Waals surface area contributed by atoms with Crippen LogP contribution in [0.3, 0.4) is 0 Å². The molecule has 3 N–H and O–H groups in total. The van der Waals surface area contributed by atoms with Crippen molar-refractivity contribution < 1.29 is 35.1 Å². The number of hydrogen-bond donors (Lipinski definition) is 2. The van der Waals surface area contributed by atoms with Crippen molar-refractivity contribution in [1.29, 1.82) is 0 Å². The van der Waals surface area contributed by atoms with Gasteiger partial charge in [-0.05, 0) is 43.2 Å². The van der Waals surface area contributed by atoms with Crippen LogP contribution in [0.2, 0.25) is 0 Å². The fourth-order valence-corrected chi connectivity index (χ4v) is 6.18. The van der Waals surface area contributed by atoms with Gasteiger partial charge in [0.15, 0.2) is 0 Å². The molecule has 1 aliphatic carbocycles. The summed E-state index contributed by atoms with van der Waals surface area (Å²) in [6.07, 6.45) is 3.82. The molecule has 1 unspecified atom stereocenters. The lowest BCUT2D eigenvalue weighted by atomic mass is 10.0. The number of halogens is 5. The topological polar surface area (TPSA) is 130 Å². The van der Waals surface area contributed by atoms with Gasteiger partial charge in [-0.1, -0.05) is 18.2 Å². The molecular formula is C30H28F5N7O3S. The third kappa shape index (κ3) is 5.96. The largest absolute Gasteiger partial charge is 0.484 e. The molecule has 0 saturated heterocycles. The van der Waals surface area contributed by atoms with Crippen LogP contribution >= 0.6 is 0 Å². The molecular weight excluding hydrogens is 633 g/mol. The van der Waals surface area contributed by atoms with Crippen molar-refractivity contribution in [3.63, 3.8) is 0 Å². The van der Waals surface area contributed by atoms with Gasteiger partial charge in [0.2, 0.25) is 5.92 Å². The molecule has 2 atom stereocenters. The Balaban J connectivity index is 1.42. The van der Waals surface area contributed by atoms with Crippen molar-refractivity contribution in [2.45, 2.75) is 50.0 Å². The first-order valence-corrected chi connectivity index (χ1v) is 15.7. The summed E-state index contributed by atoms with van der Waals surface area (Å²) in [5, 5.41) is 9.41. The number of anilines is 2. The van der Waals surface area contributed by atoms with Crippen LogP contribution in [0, 0.1) is 5.82 Å². The van der Waals surface area contributed by atoms with E-state index in [2.05, 4.69) is 15.2 Å². The average molecular weight is 662 g/mol. The molecule has 0 aliphatic heterocycles. The van der Waals surface area contributed by atoms with E-state index in [-0.39, 0.29) is 30.1 Å². The van der Waals surface area contributed by atoms with Gasteiger partial charge in [0.05, 0.1) is 28.8 Å². The average Bonchev–Trinajstić information content (AvgIpc) is 3.72. The van der Waals surface area contributed by atoms with Gasteiger partial charge in [-0.3, -0.25) is 14.1 Å². The lowest BCUT2D eigenvalue weighted by Gasteiger charge is -2.19. The number of hydrogen-bond acceptors (Lipinski definition) is 7. The van der Waals surface area contributed by atoms with Crippen LogP contribution in [0.25, 0.3) is 33.3 Å². The monoisotopic (exact) mass is 661 g/mol. The Morgan fingerprint density at radius 2 is 1.85 bits per heavy atom. The molecule has 6 rings (SSSR count). The molecule has 0 amide bonds. The predicted molar refractivity (Wildman–Crippen MR) is 161 cm³/mol. The van der Waals surface area contributed by atoms with E-state index in [9.17, 15) is 30.4 Å². The Kier molecular flexibility index (Phi) is 7.86. The standard InChI is InChI=1S/C30H28F5N7O3S/c1-16(17-3-6-20(31)7-4-17)45-24-11-18(5-8-23(24)40-46(43,44)29(32)33)26-25-27(41(2)39-26)22(14-37-28(25)36)19-13-38-42(15-19)21-9-10-30(34,35)12-21/h3-8,11,13-16,21,29,40H,9-10,12H2,1-2H3,(H2,36,37)/t16-,21?/m0/s1. The summed E-state index contributed by atoms with van der Waals surface area (Å²) < 4.78 is 103. The number of nitrogens with zero attached hydrogens (tertiary/aromatic N) is 5. The number of ether oxygens (including phenoxy) is 1. The molecule has 3 heterocycles. The number of rotatable bonds is 9. The Labute approximate surface area is 260 Å². The Morgan fingerprint density at radius 1 is 1.11 bits per heavy atom. The van der Waals surface area contributed by atoms with Crippen LogP contribution < -0.4 is 15.2 Å². The van der Waals surface area contributed by atoms with E-state index >= 15 is 0 Å². The summed E-state index contributed by atoms with van der Waals surface area (Å²) in [6.45, 7) is 1.63. The van der Waals surface area contributed by atoms with Gasteiger partial charge in [-0.25, -0.2) is 26.6 Å². The normalized spacial score (nSPS) is 17.1. The van der Waals surface area contributed by atoms with Crippen molar-refractivity contribution in [3.8, 4) is 28.1 Å². The van der Waals surface area contributed by atoms with Crippen LogP contribution in [0.1, 0.15) is 43.9 Å². The smallest absolute Gasteiger partial charge is 0.355 e. The van der Waals surface area contributed by atoms with Crippen LogP contribution in [-0.4, -0.2) is 44.6 Å². The molecule has 3 aromatic heterocycles. The Bertz CT molecular complexity index is 2030. The highest BCUT2D eigenvalue weighted by Gasteiger charge is 2.40. The van der Waals surface area contributed by atoms with E-state index in [4.69, 9.17) is 10.5 Å². The zero-order valence-corrected chi connectivity index (χ0v) is 25.3. The molecule has 242 valence electrons. The maximum Gasteiger partial charge on any atom is 0.355 e. The zero-order valence-electron chi connectivity index (χ0n) is 24.5. The predicted octanol–water partition coefficient (Wildman–Crippen LogP) is 6.68. The van der Waals surface area contributed by atoms with Gasteiger partial charge in [-0.15, -0.1) is 0 Å². The molecule has 5 aromatic rings. The molecule has 46 heavy (non-hydrogen) atoms. The first-order chi connectivity index (χ1) is 21.7. The van der Waals surface area contributed by atoms with Crippen molar-refractivity contribution in [1.82, 2.24) is 24.5 Å². The molecule has 1 fully saturated rings. The third-order valence-corrected chi connectivity index (χ3v) is 8.91. The van der Waals surface area contributed by atoms with Crippen LogP contribution in [-0.2, 0) is 17.1 Å². The van der Waals surface area contributed by atoms with E-state index in [1.807, 2.05) is 4.72 Å². The number of sulfonamides is 1. The minimum Gasteiger partial charge on any atom is -0.484 e. The van der Waals surface area contributed by atoms with Gasteiger partial charge in [0.25, 0.3) is 10.0 Å². The molecule has 2 aromatic carbocycles. The van der Waals surface area contributed by atoms with Crippen LogP contribution in [0.5, 0.6) is 5.75 Å². The fourth-order valence-electron chi connectivity index (χ4n) is 5.62. The number of aromatic nitrogens is 5.